The minimum atomic E-state index is -0.483. The van der Waals surface area contributed by atoms with Crippen molar-refractivity contribution in [3.05, 3.63) is 47.5 Å². The van der Waals surface area contributed by atoms with E-state index in [4.69, 9.17) is 37.9 Å². The molecule has 2 heterocycles. The predicted octanol–water partition coefficient (Wildman–Crippen LogP) is 3.29. The second-order valence-corrected chi connectivity index (χ2v) is 10.9. The molecule has 2 saturated heterocycles. The van der Waals surface area contributed by atoms with Crippen molar-refractivity contribution >= 4 is 22.7 Å². The fourth-order valence-electron chi connectivity index (χ4n) is 4.35. The van der Waals surface area contributed by atoms with E-state index in [9.17, 15) is 9.59 Å². The Bertz CT molecular complexity index is 1020. The van der Waals surface area contributed by atoms with E-state index in [-0.39, 0.29) is 37.3 Å². The van der Waals surface area contributed by atoms with Gasteiger partial charge in [-0.2, -0.15) is 0 Å². The quantitative estimate of drug-likeness (QED) is 0.199. The number of hydrogen-bond acceptors (Lipinski definition) is 10. The van der Waals surface area contributed by atoms with Gasteiger partial charge in [-0.3, -0.25) is 0 Å². The molecule has 10 nitrogen and oxygen atoms in total. The topological polar surface area (TPSA) is 108 Å². The lowest BCUT2D eigenvalue weighted by Gasteiger charge is -2.37. The Morgan fingerprint density at radius 1 is 0.600 bits per heavy atom. The van der Waals surface area contributed by atoms with Gasteiger partial charge in [0.25, 0.3) is 0 Å². The van der Waals surface area contributed by atoms with Crippen LogP contribution in [0.4, 0.5) is 0 Å². The third-order valence-electron chi connectivity index (χ3n) is 6.73. The van der Waals surface area contributed by atoms with Crippen molar-refractivity contribution in [2.24, 2.45) is 10.8 Å². The molecular formula is C30H40O10. The molecule has 2 aromatic rings. The highest BCUT2D eigenvalue weighted by molar-refractivity contribution is 6.11. The Labute approximate surface area is 235 Å². The van der Waals surface area contributed by atoms with Gasteiger partial charge >= 0.3 is 11.9 Å². The maximum absolute atomic E-state index is 12.8. The first-order valence-corrected chi connectivity index (χ1v) is 13.7. The predicted molar refractivity (Wildman–Crippen MR) is 146 cm³/mol. The lowest BCUT2D eigenvalue weighted by atomic mass is 9.90. The molecule has 2 aromatic carbocycles. The van der Waals surface area contributed by atoms with Gasteiger partial charge in [0.2, 0.25) is 0 Å². The monoisotopic (exact) mass is 560 g/mol. The van der Waals surface area contributed by atoms with E-state index in [0.29, 0.717) is 61.5 Å². The highest BCUT2D eigenvalue weighted by Gasteiger charge is 2.34. The SMILES string of the molecule is CC1(COCCOCCOC(=O)c2cccc3c(C(=O)OCCOCCOCC4(C)COC4)cccc23)COC1. The molecule has 220 valence electrons. The fraction of sp³-hybridized carbons (Fsp3) is 0.600. The smallest absolute Gasteiger partial charge is 0.338 e. The van der Waals surface area contributed by atoms with Crippen molar-refractivity contribution in [1.82, 2.24) is 0 Å². The molecule has 0 N–H and O–H groups in total. The summed E-state index contributed by atoms with van der Waals surface area (Å²) in [6.45, 7) is 11.0. The molecule has 0 spiro atoms. The molecular weight excluding hydrogens is 520 g/mol. The summed E-state index contributed by atoms with van der Waals surface area (Å²) in [6, 6.07) is 10.3. The zero-order chi connectivity index (χ0) is 28.3. The summed E-state index contributed by atoms with van der Waals surface area (Å²) in [7, 11) is 0. The van der Waals surface area contributed by atoms with E-state index in [1.165, 1.54) is 0 Å². The molecule has 2 aliphatic rings. The molecule has 0 unspecified atom stereocenters. The van der Waals surface area contributed by atoms with Gasteiger partial charge < -0.3 is 37.9 Å². The summed E-state index contributed by atoms with van der Waals surface area (Å²) in [5.41, 5.74) is 0.964. The van der Waals surface area contributed by atoms with Crippen LogP contribution in [0.5, 0.6) is 0 Å². The van der Waals surface area contributed by atoms with Crippen LogP contribution in [0.25, 0.3) is 10.8 Å². The van der Waals surface area contributed by atoms with Gasteiger partial charge in [0.05, 0.1) is 90.4 Å². The normalized spacial score (nSPS) is 17.1. The van der Waals surface area contributed by atoms with E-state index in [1.807, 2.05) is 0 Å². The Kier molecular flexibility index (Phi) is 11.3. The zero-order valence-electron chi connectivity index (χ0n) is 23.4. The van der Waals surface area contributed by atoms with Gasteiger partial charge in [0, 0.05) is 10.8 Å². The highest BCUT2D eigenvalue weighted by Crippen LogP contribution is 2.27. The van der Waals surface area contributed by atoms with E-state index >= 15 is 0 Å². The summed E-state index contributed by atoms with van der Waals surface area (Å²) < 4.78 is 43.4. The summed E-state index contributed by atoms with van der Waals surface area (Å²) in [5.74, 6) is -0.966. The molecule has 0 atom stereocenters. The molecule has 0 aromatic heterocycles. The number of carbonyl (C=O) groups excluding carboxylic acids is 2. The Morgan fingerprint density at radius 2 is 0.975 bits per heavy atom. The van der Waals surface area contributed by atoms with Crippen molar-refractivity contribution in [1.29, 1.82) is 0 Å². The third kappa shape index (κ3) is 8.70. The maximum atomic E-state index is 12.8. The lowest BCUT2D eigenvalue weighted by Crippen LogP contribution is -2.43. The number of esters is 2. The van der Waals surface area contributed by atoms with Crippen molar-refractivity contribution in [3.63, 3.8) is 0 Å². The third-order valence-corrected chi connectivity index (χ3v) is 6.73. The number of carbonyl (C=O) groups is 2. The second-order valence-electron chi connectivity index (χ2n) is 10.9. The maximum Gasteiger partial charge on any atom is 0.338 e. The van der Waals surface area contributed by atoms with E-state index in [2.05, 4.69) is 13.8 Å². The Morgan fingerprint density at radius 3 is 1.35 bits per heavy atom. The van der Waals surface area contributed by atoms with E-state index in [1.54, 1.807) is 36.4 Å². The number of hydrogen-bond donors (Lipinski definition) is 0. The molecule has 2 aliphatic heterocycles. The Hall–Kier alpha value is -2.60. The minimum absolute atomic E-state index is 0.110. The number of benzene rings is 2. The van der Waals surface area contributed by atoms with E-state index in [0.717, 1.165) is 26.4 Å². The van der Waals surface area contributed by atoms with Gasteiger partial charge in [-0.25, -0.2) is 9.59 Å². The van der Waals surface area contributed by atoms with Crippen LogP contribution < -0.4 is 0 Å². The molecule has 4 rings (SSSR count). The van der Waals surface area contributed by atoms with Gasteiger partial charge in [-0.1, -0.05) is 38.1 Å². The van der Waals surface area contributed by atoms with Crippen LogP contribution in [0.15, 0.2) is 36.4 Å². The molecule has 0 aliphatic carbocycles. The van der Waals surface area contributed by atoms with Gasteiger partial charge in [-0.05, 0) is 22.9 Å². The van der Waals surface area contributed by atoms with Crippen LogP contribution in [0.2, 0.25) is 0 Å². The summed E-state index contributed by atoms with van der Waals surface area (Å²) in [4.78, 5) is 25.5. The molecule has 0 amide bonds. The van der Waals surface area contributed by atoms with Gasteiger partial charge in [0.1, 0.15) is 13.2 Å². The molecule has 40 heavy (non-hydrogen) atoms. The van der Waals surface area contributed by atoms with Crippen LogP contribution in [-0.4, -0.2) is 104 Å². The minimum Gasteiger partial charge on any atom is -0.460 e. The van der Waals surface area contributed by atoms with Crippen LogP contribution >= 0.6 is 0 Å². The molecule has 0 bridgehead atoms. The van der Waals surface area contributed by atoms with Crippen LogP contribution in [0.3, 0.4) is 0 Å². The highest BCUT2D eigenvalue weighted by atomic mass is 16.6. The average molecular weight is 561 g/mol. The summed E-state index contributed by atoms with van der Waals surface area (Å²) in [6.07, 6.45) is 0. The van der Waals surface area contributed by atoms with Gasteiger partial charge in [-0.15, -0.1) is 0 Å². The van der Waals surface area contributed by atoms with Crippen molar-refractivity contribution in [3.8, 4) is 0 Å². The fourth-order valence-corrected chi connectivity index (χ4v) is 4.35. The summed E-state index contributed by atoms with van der Waals surface area (Å²) in [5, 5.41) is 1.23. The Balaban J connectivity index is 1.14. The second kappa shape index (κ2) is 14.9. The number of ether oxygens (including phenoxy) is 8. The molecule has 0 radical (unpaired) electrons. The van der Waals surface area contributed by atoms with Crippen molar-refractivity contribution in [2.45, 2.75) is 13.8 Å². The van der Waals surface area contributed by atoms with Gasteiger partial charge in [0.15, 0.2) is 0 Å². The first-order chi connectivity index (χ1) is 19.4. The van der Waals surface area contributed by atoms with Crippen LogP contribution in [0.1, 0.15) is 34.6 Å². The molecule has 2 fully saturated rings. The summed E-state index contributed by atoms with van der Waals surface area (Å²) >= 11 is 0. The van der Waals surface area contributed by atoms with Crippen LogP contribution in [0, 0.1) is 10.8 Å². The molecule has 10 heteroatoms. The first kappa shape index (κ1) is 30.4. The zero-order valence-corrected chi connectivity index (χ0v) is 23.4. The first-order valence-electron chi connectivity index (χ1n) is 13.7. The standard InChI is InChI=1S/C30H40O10/c1-29(19-37-20-29)17-35-11-9-33-13-15-39-27(31)25-7-3-6-24-23(25)5-4-8-26(24)28(32)40-16-14-34-10-12-36-18-30(2)21-38-22-30/h3-8H,9-22H2,1-2H3. The van der Waals surface area contributed by atoms with Crippen molar-refractivity contribution < 1.29 is 47.5 Å². The molecule has 0 saturated carbocycles. The number of fused-ring (bicyclic) bond motifs is 1. The van der Waals surface area contributed by atoms with Crippen LogP contribution in [-0.2, 0) is 37.9 Å². The largest absolute Gasteiger partial charge is 0.460 e. The van der Waals surface area contributed by atoms with Crippen molar-refractivity contribution in [2.75, 3.05) is 92.5 Å². The lowest BCUT2D eigenvalue weighted by molar-refractivity contribution is -0.141. The number of rotatable bonds is 18. The van der Waals surface area contributed by atoms with E-state index < -0.39 is 11.9 Å². The average Bonchev–Trinajstić information content (AvgIpc) is 2.92.